The average molecular weight is 570 g/mol. The molecule has 0 atom stereocenters. The van der Waals surface area contributed by atoms with E-state index in [9.17, 15) is 4.79 Å². The highest BCUT2D eigenvalue weighted by Crippen LogP contribution is 2.35. The second-order valence-corrected chi connectivity index (χ2v) is 10.2. The molecule has 188 valence electrons. The SMILES string of the molecule is Cc1nc2ccc(Br)cc2c(-c2ccccc2)c1C(=O)C=Cc1cn(-c2ccccc2)nc1-c1ccccc1. The maximum atomic E-state index is 13.9. The molecule has 0 fully saturated rings. The molecule has 0 spiro atoms. The van der Waals surface area contributed by atoms with E-state index in [1.807, 2.05) is 133 Å². The van der Waals surface area contributed by atoms with Gasteiger partial charge in [-0.05, 0) is 55.0 Å². The lowest BCUT2D eigenvalue weighted by atomic mass is 9.92. The molecule has 4 aromatic carbocycles. The van der Waals surface area contributed by atoms with Crippen LogP contribution >= 0.6 is 15.9 Å². The van der Waals surface area contributed by atoms with Gasteiger partial charge in [-0.3, -0.25) is 9.78 Å². The molecule has 0 aliphatic carbocycles. The Morgan fingerprint density at radius 2 is 1.46 bits per heavy atom. The highest BCUT2D eigenvalue weighted by Gasteiger charge is 2.20. The summed E-state index contributed by atoms with van der Waals surface area (Å²) in [6.07, 6.45) is 5.46. The Labute approximate surface area is 235 Å². The topological polar surface area (TPSA) is 47.8 Å². The molecule has 0 unspecified atom stereocenters. The lowest BCUT2D eigenvalue weighted by molar-refractivity contribution is 0.104. The summed E-state index contributed by atoms with van der Waals surface area (Å²) in [5.74, 6) is -0.104. The fourth-order valence-corrected chi connectivity index (χ4v) is 5.22. The van der Waals surface area contributed by atoms with Gasteiger partial charge in [0.25, 0.3) is 0 Å². The van der Waals surface area contributed by atoms with E-state index in [1.165, 1.54) is 0 Å². The van der Waals surface area contributed by atoms with Crippen LogP contribution in [-0.2, 0) is 0 Å². The molecule has 0 bridgehead atoms. The first-order chi connectivity index (χ1) is 19.1. The van der Waals surface area contributed by atoms with Crippen LogP contribution in [0.5, 0.6) is 0 Å². The predicted octanol–water partition coefficient (Wildman–Crippen LogP) is 8.72. The van der Waals surface area contributed by atoms with Gasteiger partial charge in [-0.25, -0.2) is 4.68 Å². The number of halogens is 1. The van der Waals surface area contributed by atoms with Gasteiger partial charge < -0.3 is 0 Å². The fraction of sp³-hybridized carbons (Fsp3) is 0.0294. The zero-order chi connectivity index (χ0) is 26.8. The summed E-state index contributed by atoms with van der Waals surface area (Å²) in [7, 11) is 0. The second-order valence-electron chi connectivity index (χ2n) is 9.25. The van der Waals surface area contributed by atoms with Gasteiger partial charge in [0, 0.05) is 38.4 Å². The van der Waals surface area contributed by atoms with Crippen molar-refractivity contribution in [3.8, 4) is 28.1 Å². The largest absolute Gasteiger partial charge is 0.289 e. The molecule has 0 saturated carbocycles. The normalized spacial score (nSPS) is 11.3. The van der Waals surface area contributed by atoms with E-state index < -0.39 is 0 Å². The van der Waals surface area contributed by atoms with Crippen molar-refractivity contribution in [2.45, 2.75) is 6.92 Å². The van der Waals surface area contributed by atoms with E-state index in [-0.39, 0.29) is 5.78 Å². The molecular weight excluding hydrogens is 546 g/mol. The number of fused-ring (bicyclic) bond motifs is 1. The number of pyridine rings is 1. The minimum atomic E-state index is -0.104. The molecule has 0 saturated heterocycles. The van der Waals surface area contributed by atoms with Crippen molar-refractivity contribution in [3.05, 3.63) is 143 Å². The quantitative estimate of drug-likeness (QED) is 0.149. The first-order valence-corrected chi connectivity index (χ1v) is 13.5. The Hall–Kier alpha value is -4.61. The van der Waals surface area contributed by atoms with Crippen molar-refractivity contribution in [1.29, 1.82) is 0 Å². The van der Waals surface area contributed by atoms with Gasteiger partial charge in [0.05, 0.1) is 22.5 Å². The zero-order valence-corrected chi connectivity index (χ0v) is 22.8. The molecule has 0 amide bonds. The van der Waals surface area contributed by atoms with Crippen molar-refractivity contribution in [3.63, 3.8) is 0 Å². The number of carbonyl (C=O) groups is 1. The molecule has 39 heavy (non-hydrogen) atoms. The number of allylic oxidation sites excluding steroid dienone is 1. The number of aryl methyl sites for hydroxylation is 1. The number of benzene rings is 4. The Bertz CT molecular complexity index is 1830. The number of rotatable bonds is 6. The van der Waals surface area contributed by atoms with E-state index >= 15 is 0 Å². The summed E-state index contributed by atoms with van der Waals surface area (Å²) >= 11 is 3.60. The Morgan fingerprint density at radius 3 is 2.15 bits per heavy atom. The monoisotopic (exact) mass is 569 g/mol. The van der Waals surface area contributed by atoms with Crippen LogP contribution in [0, 0.1) is 6.92 Å². The highest BCUT2D eigenvalue weighted by atomic mass is 79.9. The maximum Gasteiger partial charge on any atom is 0.188 e. The van der Waals surface area contributed by atoms with Crippen molar-refractivity contribution >= 4 is 38.7 Å². The average Bonchev–Trinajstić information content (AvgIpc) is 3.41. The summed E-state index contributed by atoms with van der Waals surface area (Å²) in [5.41, 5.74) is 7.61. The molecule has 0 radical (unpaired) electrons. The minimum Gasteiger partial charge on any atom is -0.289 e. The predicted molar refractivity (Wildman–Crippen MR) is 162 cm³/mol. The number of hydrogen-bond acceptors (Lipinski definition) is 3. The van der Waals surface area contributed by atoms with Crippen LogP contribution in [0.1, 0.15) is 21.6 Å². The molecule has 6 rings (SSSR count). The number of ketones is 1. The van der Waals surface area contributed by atoms with Crippen molar-refractivity contribution in [2.24, 2.45) is 0 Å². The Kier molecular flexibility index (Phi) is 6.74. The molecule has 5 heteroatoms. The van der Waals surface area contributed by atoms with Gasteiger partial charge in [0.1, 0.15) is 0 Å². The van der Waals surface area contributed by atoms with Crippen LogP contribution in [0.15, 0.2) is 126 Å². The molecule has 0 aliphatic heterocycles. The second kappa shape index (κ2) is 10.6. The maximum absolute atomic E-state index is 13.9. The number of hydrogen-bond donors (Lipinski definition) is 0. The standard InChI is InChI=1S/C34H24BrN3O/c1-23-32(33(24-11-5-2-6-12-24)29-21-27(35)18-19-30(29)36-23)31(39)20-17-26-22-38(28-15-9-4-10-16-28)37-34(26)25-13-7-3-8-14-25/h2-22H,1H3. The smallest absolute Gasteiger partial charge is 0.188 e. The summed E-state index contributed by atoms with van der Waals surface area (Å²) < 4.78 is 2.79. The number of aromatic nitrogens is 3. The minimum absolute atomic E-state index is 0.104. The van der Waals surface area contributed by atoms with Crippen molar-refractivity contribution in [1.82, 2.24) is 14.8 Å². The van der Waals surface area contributed by atoms with E-state index in [0.717, 1.165) is 49.0 Å². The van der Waals surface area contributed by atoms with Crippen LogP contribution < -0.4 is 0 Å². The van der Waals surface area contributed by atoms with Gasteiger partial charge in [-0.1, -0.05) is 94.8 Å². The van der Waals surface area contributed by atoms with Crippen LogP contribution in [0.4, 0.5) is 0 Å². The van der Waals surface area contributed by atoms with Crippen LogP contribution in [0.2, 0.25) is 0 Å². The lowest BCUT2D eigenvalue weighted by Gasteiger charge is -2.14. The van der Waals surface area contributed by atoms with E-state index in [2.05, 4.69) is 15.9 Å². The van der Waals surface area contributed by atoms with Crippen molar-refractivity contribution < 1.29 is 4.79 Å². The summed E-state index contributed by atoms with van der Waals surface area (Å²) in [4.78, 5) is 18.7. The van der Waals surface area contributed by atoms with Crippen LogP contribution in [-0.4, -0.2) is 20.5 Å². The number of nitrogens with zero attached hydrogens (tertiary/aromatic N) is 3. The molecule has 0 N–H and O–H groups in total. The molecule has 2 heterocycles. The highest BCUT2D eigenvalue weighted by molar-refractivity contribution is 9.10. The fourth-order valence-electron chi connectivity index (χ4n) is 4.86. The Balaban J connectivity index is 1.48. The first kappa shape index (κ1) is 24.7. The van der Waals surface area contributed by atoms with Crippen LogP contribution in [0.25, 0.3) is 45.1 Å². The Morgan fingerprint density at radius 1 is 0.821 bits per heavy atom. The van der Waals surface area contributed by atoms with Gasteiger partial charge >= 0.3 is 0 Å². The van der Waals surface area contributed by atoms with E-state index in [0.29, 0.717) is 11.3 Å². The summed E-state index contributed by atoms with van der Waals surface area (Å²) in [6.45, 7) is 1.90. The molecule has 4 nitrogen and oxygen atoms in total. The van der Waals surface area contributed by atoms with E-state index in [1.54, 1.807) is 6.08 Å². The zero-order valence-electron chi connectivity index (χ0n) is 21.3. The summed E-state index contributed by atoms with van der Waals surface area (Å²) in [5, 5.41) is 5.80. The molecule has 0 aliphatic rings. The molecular formula is C34H24BrN3O. The lowest BCUT2D eigenvalue weighted by Crippen LogP contribution is -2.05. The third-order valence-electron chi connectivity index (χ3n) is 6.66. The van der Waals surface area contributed by atoms with Gasteiger partial charge in [-0.15, -0.1) is 0 Å². The van der Waals surface area contributed by atoms with Gasteiger partial charge in [0.2, 0.25) is 0 Å². The van der Waals surface area contributed by atoms with Crippen LogP contribution in [0.3, 0.4) is 0 Å². The van der Waals surface area contributed by atoms with E-state index in [4.69, 9.17) is 10.1 Å². The molecule has 6 aromatic rings. The number of para-hydroxylation sites is 1. The van der Waals surface area contributed by atoms with Crippen molar-refractivity contribution in [2.75, 3.05) is 0 Å². The number of carbonyl (C=O) groups excluding carboxylic acids is 1. The third kappa shape index (κ3) is 4.97. The summed E-state index contributed by atoms with van der Waals surface area (Å²) in [6, 6.07) is 36.0. The third-order valence-corrected chi connectivity index (χ3v) is 7.15. The molecule has 2 aromatic heterocycles. The first-order valence-electron chi connectivity index (χ1n) is 12.7. The van der Waals surface area contributed by atoms with Gasteiger partial charge in [0.15, 0.2) is 5.78 Å². The van der Waals surface area contributed by atoms with Gasteiger partial charge in [-0.2, -0.15) is 5.10 Å².